The summed E-state index contributed by atoms with van der Waals surface area (Å²) in [4.78, 5) is 24.2. The van der Waals surface area contributed by atoms with Crippen molar-refractivity contribution in [1.82, 2.24) is 4.98 Å². The van der Waals surface area contributed by atoms with Gasteiger partial charge < -0.3 is 0 Å². The predicted molar refractivity (Wildman–Crippen MR) is 112 cm³/mol. The fourth-order valence-corrected chi connectivity index (χ4v) is 3.67. The van der Waals surface area contributed by atoms with Gasteiger partial charge >= 0.3 is 0 Å². The first kappa shape index (κ1) is 17.2. The molecule has 1 aliphatic rings. The van der Waals surface area contributed by atoms with Crippen LogP contribution in [-0.4, -0.2) is 16.1 Å². The molecule has 0 atom stereocenters. The van der Waals surface area contributed by atoms with Crippen molar-refractivity contribution >= 4 is 40.4 Å². The molecule has 0 unspecified atom stereocenters. The number of amides is 1. The smallest absolute Gasteiger partial charge is 0.268 e. The van der Waals surface area contributed by atoms with Crippen molar-refractivity contribution < 1.29 is 4.79 Å². The van der Waals surface area contributed by atoms with E-state index in [0.717, 1.165) is 11.3 Å². The Kier molecular flexibility index (Phi) is 4.85. The number of hydrogen-bond donors (Lipinski definition) is 0. The lowest BCUT2D eigenvalue weighted by molar-refractivity contribution is -0.113. The third-order valence-electron chi connectivity index (χ3n) is 4.06. The summed E-state index contributed by atoms with van der Waals surface area (Å²) in [5.41, 5.74) is 2.96. The van der Waals surface area contributed by atoms with Gasteiger partial charge in [0.25, 0.3) is 5.91 Å². The van der Waals surface area contributed by atoms with E-state index in [1.54, 1.807) is 11.1 Å². The second kappa shape index (κ2) is 7.60. The third-order valence-corrected chi connectivity index (χ3v) is 5.02. The Morgan fingerprint density at radius 3 is 2.41 bits per heavy atom. The first-order valence-corrected chi connectivity index (χ1v) is 9.38. The van der Waals surface area contributed by atoms with Crippen molar-refractivity contribution in [1.29, 1.82) is 0 Å². The van der Waals surface area contributed by atoms with Crippen molar-refractivity contribution in [2.75, 3.05) is 4.90 Å². The molecule has 1 aliphatic heterocycles. The number of nitrogens with zero attached hydrogens (tertiary/aromatic N) is 3. The molecule has 1 saturated heterocycles. The molecular formula is C22H17N3OS. The number of carbonyl (C=O) groups excluding carboxylic acids is 1. The summed E-state index contributed by atoms with van der Waals surface area (Å²) < 4.78 is 0. The van der Waals surface area contributed by atoms with E-state index >= 15 is 0 Å². The van der Waals surface area contributed by atoms with E-state index in [2.05, 4.69) is 9.98 Å². The van der Waals surface area contributed by atoms with Gasteiger partial charge in [0, 0.05) is 6.20 Å². The second-order valence-electron chi connectivity index (χ2n) is 6.08. The molecule has 1 fully saturated rings. The molecule has 1 aromatic heterocycles. The number of thioether (sulfide) groups is 1. The minimum absolute atomic E-state index is 0.0820. The van der Waals surface area contributed by atoms with Crippen molar-refractivity contribution in [3.63, 3.8) is 0 Å². The molecule has 132 valence electrons. The molecule has 0 aliphatic carbocycles. The van der Waals surface area contributed by atoms with E-state index < -0.39 is 0 Å². The Balaban J connectivity index is 1.76. The second-order valence-corrected chi connectivity index (χ2v) is 7.09. The van der Waals surface area contributed by atoms with E-state index in [0.29, 0.717) is 15.9 Å². The number of pyridine rings is 1. The molecule has 27 heavy (non-hydrogen) atoms. The molecule has 1 amide bonds. The summed E-state index contributed by atoms with van der Waals surface area (Å²) in [6.07, 6.45) is 3.60. The van der Waals surface area contributed by atoms with Crippen LogP contribution in [0.1, 0.15) is 11.1 Å². The van der Waals surface area contributed by atoms with E-state index in [1.165, 1.54) is 17.3 Å². The van der Waals surface area contributed by atoms with Gasteiger partial charge in [-0.3, -0.25) is 9.69 Å². The quantitative estimate of drug-likeness (QED) is 0.595. The number of hydrogen-bond acceptors (Lipinski definition) is 4. The Morgan fingerprint density at radius 2 is 1.70 bits per heavy atom. The monoisotopic (exact) mass is 371 g/mol. The van der Waals surface area contributed by atoms with Crippen LogP contribution in [0, 0.1) is 6.92 Å². The van der Waals surface area contributed by atoms with Crippen molar-refractivity contribution in [3.05, 3.63) is 95.0 Å². The molecule has 4 nitrogen and oxygen atoms in total. The molecule has 0 radical (unpaired) electrons. The lowest BCUT2D eigenvalue weighted by Gasteiger charge is -2.15. The number of aliphatic imine (C=N–C) groups is 1. The Hall–Kier alpha value is -3.18. The minimum atomic E-state index is -0.0820. The Morgan fingerprint density at radius 1 is 0.963 bits per heavy atom. The lowest BCUT2D eigenvalue weighted by atomic mass is 10.1. The molecule has 2 heterocycles. The Labute approximate surface area is 162 Å². The van der Waals surface area contributed by atoms with Crippen LogP contribution in [-0.2, 0) is 4.79 Å². The molecular weight excluding hydrogens is 354 g/mol. The van der Waals surface area contributed by atoms with Crippen molar-refractivity contribution in [3.8, 4) is 0 Å². The van der Waals surface area contributed by atoms with Gasteiger partial charge in [-0.15, -0.1) is 0 Å². The summed E-state index contributed by atoms with van der Waals surface area (Å²) in [5, 5.41) is 0.600. The van der Waals surface area contributed by atoms with E-state index in [1.807, 2.05) is 85.8 Å². The summed E-state index contributed by atoms with van der Waals surface area (Å²) in [6.45, 7) is 2.04. The maximum absolute atomic E-state index is 13.1. The van der Waals surface area contributed by atoms with Gasteiger partial charge in [-0.2, -0.15) is 0 Å². The number of aryl methyl sites for hydroxylation is 1. The van der Waals surface area contributed by atoms with Crippen LogP contribution >= 0.6 is 11.8 Å². The van der Waals surface area contributed by atoms with E-state index in [-0.39, 0.29) is 5.91 Å². The van der Waals surface area contributed by atoms with Crippen LogP contribution in [0.25, 0.3) is 6.08 Å². The van der Waals surface area contributed by atoms with Crippen LogP contribution in [0.5, 0.6) is 0 Å². The zero-order chi connectivity index (χ0) is 18.6. The first-order chi connectivity index (χ1) is 13.2. The zero-order valence-electron chi connectivity index (χ0n) is 14.7. The number of amidine groups is 1. The average Bonchev–Trinajstić information content (AvgIpc) is 3.00. The lowest BCUT2D eigenvalue weighted by Crippen LogP contribution is -2.28. The van der Waals surface area contributed by atoms with Crippen molar-refractivity contribution in [2.45, 2.75) is 6.92 Å². The first-order valence-electron chi connectivity index (χ1n) is 8.56. The molecule has 0 bridgehead atoms. The van der Waals surface area contributed by atoms with Gasteiger partial charge in [-0.1, -0.05) is 54.1 Å². The van der Waals surface area contributed by atoms with Gasteiger partial charge in [0.1, 0.15) is 0 Å². The fourth-order valence-electron chi connectivity index (χ4n) is 2.69. The standard InChI is InChI=1S/C22H17N3OS/c1-16-10-12-17(13-11-16)15-19-21(26)25(18-7-3-2-4-8-18)22(27-19)24-20-9-5-6-14-23-20/h2-15H,1H3/b19-15-,24-22+. The maximum Gasteiger partial charge on any atom is 0.271 e. The highest BCUT2D eigenvalue weighted by Crippen LogP contribution is 2.36. The molecule has 0 spiro atoms. The van der Waals surface area contributed by atoms with Gasteiger partial charge in [0.2, 0.25) is 0 Å². The highest BCUT2D eigenvalue weighted by atomic mass is 32.2. The molecule has 2 aromatic carbocycles. The maximum atomic E-state index is 13.1. The SMILES string of the molecule is Cc1ccc(/C=C2\S/C(=N/c3ccccn3)N(c3ccccc3)C2=O)cc1. The predicted octanol–water partition coefficient (Wildman–Crippen LogP) is 5.20. The van der Waals surface area contributed by atoms with Crippen LogP contribution in [0.2, 0.25) is 0 Å². The number of anilines is 1. The average molecular weight is 371 g/mol. The van der Waals surface area contributed by atoms with Crippen LogP contribution in [0.4, 0.5) is 11.5 Å². The fraction of sp³-hybridized carbons (Fsp3) is 0.0455. The number of carbonyl (C=O) groups is 1. The van der Waals surface area contributed by atoms with Gasteiger partial charge in [0.05, 0.1) is 10.6 Å². The summed E-state index contributed by atoms with van der Waals surface area (Å²) >= 11 is 1.36. The topological polar surface area (TPSA) is 45.6 Å². The van der Waals surface area contributed by atoms with Crippen molar-refractivity contribution in [2.24, 2.45) is 4.99 Å². The third kappa shape index (κ3) is 3.83. The highest BCUT2D eigenvalue weighted by molar-refractivity contribution is 8.19. The highest BCUT2D eigenvalue weighted by Gasteiger charge is 2.34. The largest absolute Gasteiger partial charge is 0.271 e. The molecule has 0 N–H and O–H groups in total. The normalized spacial score (nSPS) is 17.1. The van der Waals surface area contributed by atoms with Gasteiger partial charge in [0.15, 0.2) is 11.0 Å². The van der Waals surface area contributed by atoms with E-state index in [9.17, 15) is 4.79 Å². The molecule has 3 aromatic rings. The van der Waals surface area contributed by atoms with Crippen LogP contribution in [0.3, 0.4) is 0 Å². The molecule has 5 heteroatoms. The van der Waals surface area contributed by atoms with E-state index in [4.69, 9.17) is 0 Å². The van der Waals surface area contributed by atoms with Crippen LogP contribution in [0.15, 0.2) is 88.9 Å². The number of para-hydroxylation sites is 1. The van der Waals surface area contributed by atoms with Gasteiger partial charge in [-0.05, 0) is 54.6 Å². The summed E-state index contributed by atoms with van der Waals surface area (Å²) in [5.74, 6) is 0.492. The summed E-state index contributed by atoms with van der Waals surface area (Å²) in [7, 11) is 0. The van der Waals surface area contributed by atoms with Crippen LogP contribution < -0.4 is 4.90 Å². The summed E-state index contributed by atoms with van der Waals surface area (Å²) in [6, 6.07) is 23.2. The number of benzene rings is 2. The Bertz CT molecular complexity index is 1010. The van der Waals surface area contributed by atoms with Gasteiger partial charge in [-0.25, -0.2) is 9.98 Å². The zero-order valence-corrected chi connectivity index (χ0v) is 15.6. The number of aromatic nitrogens is 1. The number of rotatable bonds is 3. The minimum Gasteiger partial charge on any atom is -0.268 e. The molecule has 4 rings (SSSR count). The molecule has 0 saturated carbocycles.